The van der Waals surface area contributed by atoms with Crippen molar-refractivity contribution in [2.24, 2.45) is 5.92 Å². The number of carbonyl (C=O) groups is 1. The van der Waals surface area contributed by atoms with Crippen molar-refractivity contribution >= 4 is 5.91 Å². The summed E-state index contributed by atoms with van der Waals surface area (Å²) in [5.74, 6) is 0.923. The predicted molar refractivity (Wildman–Crippen MR) is 99.5 cm³/mol. The van der Waals surface area contributed by atoms with Crippen molar-refractivity contribution in [3.05, 3.63) is 54.0 Å². The lowest BCUT2D eigenvalue weighted by atomic mass is 9.95. The van der Waals surface area contributed by atoms with Gasteiger partial charge in [-0.05, 0) is 51.1 Å². The van der Waals surface area contributed by atoms with Crippen LogP contribution < -0.4 is 10.1 Å². The Labute approximate surface area is 154 Å². The van der Waals surface area contributed by atoms with Crippen molar-refractivity contribution in [3.63, 3.8) is 0 Å². The number of likely N-dealkylation sites (tertiary alicyclic amines) is 1. The van der Waals surface area contributed by atoms with E-state index in [1.54, 1.807) is 12.4 Å². The maximum atomic E-state index is 12.4. The molecule has 1 N–H and O–H groups in total. The zero-order valence-corrected chi connectivity index (χ0v) is 15.2. The Morgan fingerprint density at radius 1 is 1.19 bits per heavy atom. The summed E-state index contributed by atoms with van der Waals surface area (Å²) in [4.78, 5) is 23.3. The van der Waals surface area contributed by atoms with Gasteiger partial charge in [0.1, 0.15) is 0 Å². The van der Waals surface area contributed by atoms with Crippen LogP contribution in [0.3, 0.4) is 0 Å². The summed E-state index contributed by atoms with van der Waals surface area (Å²) < 4.78 is 5.60. The van der Waals surface area contributed by atoms with E-state index in [1.165, 1.54) is 0 Å². The topological polar surface area (TPSA) is 67.3 Å². The Kier molecular flexibility index (Phi) is 6.55. The molecule has 0 spiro atoms. The highest BCUT2D eigenvalue weighted by Crippen LogP contribution is 2.22. The quantitative estimate of drug-likeness (QED) is 0.827. The van der Waals surface area contributed by atoms with Gasteiger partial charge in [-0.1, -0.05) is 12.1 Å². The number of ether oxygens (including phenoxy) is 1. The number of nitrogens with one attached hydrogen (secondary N) is 1. The van der Waals surface area contributed by atoms with Crippen LogP contribution in [-0.4, -0.2) is 40.5 Å². The second-order valence-electron chi connectivity index (χ2n) is 6.49. The molecule has 138 valence electrons. The molecule has 1 fully saturated rings. The number of nitrogens with zero attached hydrogens (tertiary/aromatic N) is 3. The van der Waals surface area contributed by atoms with Gasteiger partial charge in [0.15, 0.2) is 0 Å². The van der Waals surface area contributed by atoms with Gasteiger partial charge in [0.25, 0.3) is 0 Å². The van der Waals surface area contributed by atoms with Gasteiger partial charge in [-0.2, -0.15) is 0 Å². The number of rotatable bonds is 7. The molecule has 0 unspecified atom stereocenters. The molecule has 1 amide bonds. The molecule has 3 rings (SSSR count). The van der Waals surface area contributed by atoms with E-state index in [0.717, 1.165) is 43.7 Å². The van der Waals surface area contributed by atoms with Crippen molar-refractivity contribution < 1.29 is 9.53 Å². The van der Waals surface area contributed by atoms with Crippen LogP contribution in [0, 0.1) is 5.92 Å². The average Bonchev–Trinajstić information content (AvgIpc) is 2.69. The Morgan fingerprint density at radius 2 is 2.00 bits per heavy atom. The highest BCUT2D eigenvalue weighted by molar-refractivity contribution is 5.78. The highest BCUT2D eigenvalue weighted by Gasteiger charge is 2.25. The van der Waals surface area contributed by atoms with E-state index in [9.17, 15) is 4.79 Å². The first kappa shape index (κ1) is 18.3. The van der Waals surface area contributed by atoms with Crippen LogP contribution in [0.4, 0.5) is 0 Å². The number of aromatic nitrogens is 2. The Balaban J connectivity index is 1.46. The van der Waals surface area contributed by atoms with Gasteiger partial charge >= 0.3 is 0 Å². The van der Waals surface area contributed by atoms with Gasteiger partial charge in [0.2, 0.25) is 11.8 Å². The second-order valence-corrected chi connectivity index (χ2v) is 6.49. The van der Waals surface area contributed by atoms with Crippen molar-refractivity contribution in [1.82, 2.24) is 20.2 Å². The van der Waals surface area contributed by atoms with Gasteiger partial charge in [0.05, 0.1) is 18.8 Å². The number of pyridine rings is 2. The van der Waals surface area contributed by atoms with Gasteiger partial charge in [-0.25, -0.2) is 4.98 Å². The molecule has 0 bridgehead atoms. The average molecular weight is 354 g/mol. The molecule has 3 heterocycles. The molecule has 2 aromatic rings. The van der Waals surface area contributed by atoms with Crippen LogP contribution in [0.25, 0.3) is 0 Å². The summed E-state index contributed by atoms with van der Waals surface area (Å²) >= 11 is 0. The van der Waals surface area contributed by atoms with E-state index < -0.39 is 0 Å². The third-order valence-electron chi connectivity index (χ3n) is 4.65. The lowest BCUT2D eigenvalue weighted by Crippen LogP contribution is -2.40. The van der Waals surface area contributed by atoms with Gasteiger partial charge in [-0.15, -0.1) is 0 Å². The minimum Gasteiger partial charge on any atom is -0.478 e. The molecule has 1 saturated heterocycles. The van der Waals surface area contributed by atoms with E-state index in [1.807, 2.05) is 31.2 Å². The molecular formula is C20H26N4O2. The maximum absolute atomic E-state index is 12.4. The SMILES string of the molecule is CCOc1ncccc1CN1CCC(C(=O)NCc2ccccn2)CC1. The van der Waals surface area contributed by atoms with Gasteiger partial charge in [0, 0.05) is 30.4 Å². The van der Waals surface area contributed by atoms with Crippen molar-refractivity contribution in [2.75, 3.05) is 19.7 Å². The van der Waals surface area contributed by atoms with Gasteiger partial charge < -0.3 is 10.1 Å². The first-order chi connectivity index (χ1) is 12.8. The van der Waals surface area contributed by atoms with E-state index in [-0.39, 0.29) is 11.8 Å². The molecule has 6 nitrogen and oxygen atoms in total. The normalized spacial score (nSPS) is 15.6. The zero-order valence-electron chi connectivity index (χ0n) is 15.2. The predicted octanol–water partition coefficient (Wildman–Crippen LogP) is 2.40. The smallest absolute Gasteiger partial charge is 0.223 e. The van der Waals surface area contributed by atoms with Crippen molar-refractivity contribution in [1.29, 1.82) is 0 Å². The molecule has 0 aliphatic carbocycles. The molecule has 0 radical (unpaired) electrons. The van der Waals surface area contributed by atoms with E-state index in [2.05, 4.69) is 26.3 Å². The van der Waals surface area contributed by atoms with E-state index >= 15 is 0 Å². The standard InChI is InChI=1S/C20H26N4O2/c1-2-26-20-17(6-5-11-22-20)15-24-12-8-16(9-13-24)19(25)23-14-18-7-3-4-10-21-18/h3-7,10-11,16H,2,8-9,12-15H2,1H3,(H,23,25). The minimum absolute atomic E-state index is 0.0789. The summed E-state index contributed by atoms with van der Waals surface area (Å²) in [7, 11) is 0. The summed E-state index contributed by atoms with van der Waals surface area (Å²) in [6.45, 7) is 5.69. The van der Waals surface area contributed by atoms with E-state index in [0.29, 0.717) is 19.0 Å². The Bertz CT molecular complexity index is 700. The third-order valence-corrected chi connectivity index (χ3v) is 4.65. The fraction of sp³-hybridized carbons (Fsp3) is 0.450. The fourth-order valence-electron chi connectivity index (χ4n) is 3.23. The van der Waals surface area contributed by atoms with Crippen molar-refractivity contribution in [3.8, 4) is 5.88 Å². The largest absolute Gasteiger partial charge is 0.478 e. The molecule has 1 aliphatic heterocycles. The number of hydrogen-bond donors (Lipinski definition) is 1. The number of carbonyl (C=O) groups excluding carboxylic acids is 1. The third kappa shape index (κ3) is 5.02. The molecule has 0 atom stereocenters. The van der Waals surface area contributed by atoms with Gasteiger partial charge in [-0.3, -0.25) is 14.7 Å². The Morgan fingerprint density at radius 3 is 2.73 bits per heavy atom. The summed E-state index contributed by atoms with van der Waals surface area (Å²) in [5, 5.41) is 3.01. The monoisotopic (exact) mass is 354 g/mol. The highest BCUT2D eigenvalue weighted by atomic mass is 16.5. The Hall–Kier alpha value is -2.47. The first-order valence-corrected chi connectivity index (χ1v) is 9.23. The second kappa shape index (κ2) is 9.29. The molecule has 26 heavy (non-hydrogen) atoms. The lowest BCUT2D eigenvalue weighted by molar-refractivity contribution is -0.126. The number of hydrogen-bond acceptors (Lipinski definition) is 5. The summed E-state index contributed by atoms with van der Waals surface area (Å²) in [6, 6.07) is 9.73. The molecule has 2 aromatic heterocycles. The van der Waals surface area contributed by atoms with E-state index in [4.69, 9.17) is 4.74 Å². The van der Waals surface area contributed by atoms with Crippen LogP contribution in [0.2, 0.25) is 0 Å². The molecule has 0 aromatic carbocycles. The molecule has 6 heteroatoms. The van der Waals surface area contributed by atoms with Crippen molar-refractivity contribution in [2.45, 2.75) is 32.9 Å². The minimum atomic E-state index is 0.0789. The van der Waals surface area contributed by atoms with Crippen LogP contribution in [0.15, 0.2) is 42.7 Å². The maximum Gasteiger partial charge on any atom is 0.223 e. The van der Waals surface area contributed by atoms with Crippen LogP contribution in [0.1, 0.15) is 31.0 Å². The zero-order chi connectivity index (χ0) is 18.2. The summed E-state index contributed by atoms with van der Waals surface area (Å²) in [5.41, 5.74) is 1.99. The molecular weight excluding hydrogens is 328 g/mol. The van der Waals surface area contributed by atoms with Crippen LogP contribution in [-0.2, 0) is 17.9 Å². The van der Waals surface area contributed by atoms with Crippen LogP contribution >= 0.6 is 0 Å². The summed E-state index contributed by atoms with van der Waals surface area (Å²) in [6.07, 6.45) is 5.25. The molecule has 0 saturated carbocycles. The number of piperidine rings is 1. The molecule has 1 aliphatic rings. The lowest BCUT2D eigenvalue weighted by Gasteiger charge is -2.31. The van der Waals surface area contributed by atoms with Crippen LogP contribution in [0.5, 0.6) is 5.88 Å². The first-order valence-electron chi connectivity index (χ1n) is 9.23. The fourth-order valence-corrected chi connectivity index (χ4v) is 3.23. The number of amides is 1.